The van der Waals surface area contributed by atoms with E-state index in [0.717, 1.165) is 11.5 Å². The second kappa shape index (κ2) is 8.45. The highest BCUT2D eigenvalue weighted by atomic mass is 35.5. The Morgan fingerprint density at radius 2 is 1.96 bits per heavy atom. The maximum Gasteiger partial charge on any atom is 0.310 e. The average Bonchev–Trinajstić information content (AvgIpc) is 2.68. The van der Waals surface area contributed by atoms with Crippen molar-refractivity contribution in [3.05, 3.63) is 75.4 Å². The van der Waals surface area contributed by atoms with Crippen molar-refractivity contribution in [3.63, 3.8) is 0 Å². The molecule has 28 heavy (non-hydrogen) atoms. The molecule has 2 aromatic carbocycles. The first-order valence-corrected chi connectivity index (χ1v) is 8.54. The number of pyridine rings is 1. The van der Waals surface area contributed by atoms with Crippen LogP contribution in [0.25, 0.3) is 10.9 Å². The summed E-state index contributed by atoms with van der Waals surface area (Å²) >= 11 is 5.73. The molecule has 0 atom stereocenters. The van der Waals surface area contributed by atoms with Crippen LogP contribution in [0.3, 0.4) is 0 Å². The molecule has 9 heteroatoms. The molecule has 0 aliphatic rings. The highest BCUT2D eigenvalue weighted by Gasteiger charge is 2.17. The summed E-state index contributed by atoms with van der Waals surface area (Å²) in [7, 11) is 0. The van der Waals surface area contributed by atoms with Crippen molar-refractivity contribution in [2.45, 2.75) is 6.42 Å². The molecule has 0 fully saturated rings. The number of esters is 1. The standard InChI is InChI=1S/C19H14ClN3O5/c20-14-6-7-15(16(10-14)23(26)27)22-17(24)11-28-18(25)9-13-4-1-3-12-5-2-8-21-19(12)13/h1-8,10H,9,11H2,(H,22,24). The molecule has 0 saturated heterocycles. The molecule has 1 aromatic heterocycles. The number of amides is 1. The molecule has 0 bridgehead atoms. The number of fused-ring (bicyclic) bond motifs is 1. The first kappa shape index (κ1) is 19.2. The lowest BCUT2D eigenvalue weighted by Gasteiger charge is -2.08. The van der Waals surface area contributed by atoms with Gasteiger partial charge in [-0.3, -0.25) is 24.7 Å². The number of carbonyl (C=O) groups excluding carboxylic acids is 2. The summed E-state index contributed by atoms with van der Waals surface area (Å²) in [6.45, 7) is -0.573. The number of para-hydroxylation sites is 1. The van der Waals surface area contributed by atoms with E-state index >= 15 is 0 Å². The van der Waals surface area contributed by atoms with E-state index in [1.54, 1.807) is 24.4 Å². The number of nitro groups is 1. The van der Waals surface area contributed by atoms with Crippen LogP contribution in [0.5, 0.6) is 0 Å². The predicted octanol–water partition coefficient (Wildman–Crippen LogP) is 3.52. The van der Waals surface area contributed by atoms with Gasteiger partial charge in [-0.05, 0) is 23.8 Å². The summed E-state index contributed by atoms with van der Waals surface area (Å²) < 4.78 is 4.98. The predicted molar refractivity (Wildman–Crippen MR) is 103 cm³/mol. The lowest BCUT2D eigenvalue weighted by Crippen LogP contribution is -2.22. The monoisotopic (exact) mass is 399 g/mol. The molecule has 0 aliphatic carbocycles. The number of hydrogen-bond donors (Lipinski definition) is 1. The van der Waals surface area contributed by atoms with E-state index in [4.69, 9.17) is 16.3 Å². The number of aromatic nitrogens is 1. The average molecular weight is 400 g/mol. The van der Waals surface area contributed by atoms with Gasteiger partial charge in [0.1, 0.15) is 5.69 Å². The molecule has 3 aromatic rings. The minimum atomic E-state index is -0.699. The molecule has 0 spiro atoms. The Labute approximate surface area is 164 Å². The smallest absolute Gasteiger partial charge is 0.310 e. The van der Waals surface area contributed by atoms with Crippen molar-refractivity contribution in [2.24, 2.45) is 0 Å². The maximum atomic E-state index is 12.1. The van der Waals surface area contributed by atoms with Crippen LogP contribution in [0, 0.1) is 10.1 Å². The van der Waals surface area contributed by atoms with Gasteiger partial charge in [-0.1, -0.05) is 35.9 Å². The summed E-state index contributed by atoms with van der Waals surface area (Å²) in [5.41, 5.74) is 0.975. The van der Waals surface area contributed by atoms with E-state index in [0.29, 0.717) is 11.1 Å². The molecule has 1 heterocycles. The Kier molecular flexibility index (Phi) is 5.81. The Bertz CT molecular complexity index is 1070. The minimum absolute atomic E-state index is 0.0336. The molecule has 0 aliphatic heterocycles. The van der Waals surface area contributed by atoms with Crippen LogP contribution in [0.15, 0.2) is 54.7 Å². The first-order valence-electron chi connectivity index (χ1n) is 8.16. The molecule has 8 nitrogen and oxygen atoms in total. The maximum absolute atomic E-state index is 12.1. The fourth-order valence-corrected chi connectivity index (χ4v) is 2.78. The molecular weight excluding hydrogens is 386 g/mol. The molecule has 1 amide bonds. The van der Waals surface area contributed by atoms with Gasteiger partial charge in [0.15, 0.2) is 6.61 Å². The SMILES string of the molecule is O=C(COC(=O)Cc1cccc2cccnc12)Nc1ccc(Cl)cc1[N+](=O)[O-]. The number of ether oxygens (including phenoxy) is 1. The van der Waals surface area contributed by atoms with Gasteiger partial charge in [-0.2, -0.15) is 0 Å². The molecule has 1 N–H and O–H groups in total. The number of hydrogen-bond acceptors (Lipinski definition) is 6. The highest BCUT2D eigenvalue weighted by molar-refractivity contribution is 6.31. The van der Waals surface area contributed by atoms with Crippen molar-refractivity contribution in [2.75, 3.05) is 11.9 Å². The van der Waals surface area contributed by atoms with Gasteiger partial charge < -0.3 is 10.1 Å². The number of benzene rings is 2. The van der Waals surface area contributed by atoms with Crippen molar-refractivity contribution >= 4 is 45.8 Å². The largest absolute Gasteiger partial charge is 0.455 e. The topological polar surface area (TPSA) is 111 Å². The number of nitrogens with one attached hydrogen (secondary N) is 1. The van der Waals surface area contributed by atoms with Gasteiger partial charge >= 0.3 is 5.97 Å². The van der Waals surface area contributed by atoms with Gasteiger partial charge in [0, 0.05) is 22.7 Å². The quantitative estimate of drug-likeness (QED) is 0.385. The van der Waals surface area contributed by atoms with Crippen LogP contribution < -0.4 is 5.32 Å². The van der Waals surface area contributed by atoms with E-state index in [1.165, 1.54) is 12.1 Å². The van der Waals surface area contributed by atoms with Crippen molar-refractivity contribution in [3.8, 4) is 0 Å². The zero-order chi connectivity index (χ0) is 20.1. The third kappa shape index (κ3) is 4.60. The first-order chi connectivity index (χ1) is 13.4. The van der Waals surface area contributed by atoms with Gasteiger partial charge in [0.05, 0.1) is 16.9 Å². The summed E-state index contributed by atoms with van der Waals surface area (Å²) in [4.78, 5) is 38.7. The highest BCUT2D eigenvalue weighted by Crippen LogP contribution is 2.27. The Morgan fingerprint density at radius 3 is 2.75 bits per heavy atom. The number of carbonyl (C=O) groups is 2. The van der Waals surface area contributed by atoms with E-state index in [1.807, 2.05) is 12.1 Å². The normalized spacial score (nSPS) is 10.5. The van der Waals surface area contributed by atoms with Crippen LogP contribution in [-0.2, 0) is 20.7 Å². The summed E-state index contributed by atoms with van der Waals surface area (Å²) in [6.07, 6.45) is 1.58. The van der Waals surface area contributed by atoms with Crippen LogP contribution in [0.4, 0.5) is 11.4 Å². The third-order valence-electron chi connectivity index (χ3n) is 3.85. The molecule has 0 saturated carbocycles. The zero-order valence-electron chi connectivity index (χ0n) is 14.4. The minimum Gasteiger partial charge on any atom is -0.455 e. The van der Waals surface area contributed by atoms with E-state index < -0.39 is 23.4 Å². The second-order valence-electron chi connectivity index (χ2n) is 5.80. The Hall–Kier alpha value is -3.52. The summed E-state index contributed by atoms with van der Waals surface area (Å²) in [5, 5.41) is 14.4. The fraction of sp³-hybridized carbons (Fsp3) is 0.105. The zero-order valence-corrected chi connectivity index (χ0v) is 15.2. The van der Waals surface area contributed by atoms with Gasteiger partial charge in [0.2, 0.25) is 0 Å². The van der Waals surface area contributed by atoms with Crippen LogP contribution in [0.1, 0.15) is 5.56 Å². The fourth-order valence-electron chi connectivity index (χ4n) is 2.61. The molecule has 0 radical (unpaired) electrons. The summed E-state index contributed by atoms with van der Waals surface area (Å²) in [5.74, 6) is -1.31. The number of nitro benzene ring substituents is 1. The van der Waals surface area contributed by atoms with E-state index in [-0.39, 0.29) is 22.8 Å². The number of rotatable bonds is 6. The van der Waals surface area contributed by atoms with Gasteiger partial charge in [0.25, 0.3) is 11.6 Å². The molecule has 0 unspecified atom stereocenters. The number of halogens is 1. The van der Waals surface area contributed by atoms with Gasteiger partial charge in [-0.15, -0.1) is 0 Å². The molecule has 3 rings (SSSR count). The van der Waals surface area contributed by atoms with Crippen molar-refractivity contribution in [1.29, 1.82) is 0 Å². The van der Waals surface area contributed by atoms with Gasteiger partial charge in [-0.25, -0.2) is 0 Å². The lowest BCUT2D eigenvalue weighted by atomic mass is 10.1. The Balaban J connectivity index is 1.60. The molecular formula is C19H14ClN3O5. The number of anilines is 1. The van der Waals surface area contributed by atoms with Crippen molar-refractivity contribution in [1.82, 2.24) is 4.98 Å². The summed E-state index contributed by atoms with van der Waals surface area (Å²) in [6, 6.07) is 13.0. The van der Waals surface area contributed by atoms with Crippen LogP contribution in [-0.4, -0.2) is 28.4 Å². The van der Waals surface area contributed by atoms with E-state index in [2.05, 4.69) is 10.3 Å². The second-order valence-corrected chi connectivity index (χ2v) is 6.23. The number of nitrogens with zero attached hydrogens (tertiary/aromatic N) is 2. The van der Waals surface area contributed by atoms with E-state index in [9.17, 15) is 19.7 Å². The van der Waals surface area contributed by atoms with Crippen LogP contribution in [0.2, 0.25) is 5.02 Å². The Morgan fingerprint density at radius 1 is 1.18 bits per heavy atom. The lowest BCUT2D eigenvalue weighted by molar-refractivity contribution is -0.383. The van der Waals surface area contributed by atoms with Crippen molar-refractivity contribution < 1.29 is 19.2 Å². The van der Waals surface area contributed by atoms with Crippen LogP contribution >= 0.6 is 11.6 Å². The third-order valence-corrected chi connectivity index (χ3v) is 4.08. The molecule has 142 valence electrons.